The number of likely N-dealkylation sites (tertiary alicyclic amines) is 1. The lowest BCUT2D eigenvalue weighted by Crippen LogP contribution is -2.57. The average Bonchev–Trinajstić information content (AvgIpc) is 3.44. The summed E-state index contributed by atoms with van der Waals surface area (Å²) < 4.78 is 17.6. The van der Waals surface area contributed by atoms with Crippen molar-refractivity contribution in [2.45, 2.75) is 82.8 Å². The molecule has 1 aliphatic heterocycles. The Morgan fingerprint density at radius 1 is 1.09 bits per heavy atom. The van der Waals surface area contributed by atoms with Crippen LogP contribution in [0.15, 0.2) is 91.5 Å². The molecule has 3 aromatic carbocycles. The summed E-state index contributed by atoms with van der Waals surface area (Å²) in [5.74, 6) is 0.110. The number of urea groups is 1. The van der Waals surface area contributed by atoms with E-state index in [2.05, 4.69) is 17.2 Å². The second-order valence-corrected chi connectivity index (χ2v) is 16.5. The second-order valence-electron chi connectivity index (χ2n) is 16.5. The molecule has 2 amide bonds. The van der Waals surface area contributed by atoms with E-state index < -0.39 is 52.7 Å². The van der Waals surface area contributed by atoms with Crippen molar-refractivity contribution in [3.05, 3.63) is 103 Å². The minimum atomic E-state index is -1.59. The predicted molar refractivity (Wildman–Crippen MR) is 218 cm³/mol. The number of methoxy groups -OCH3 is 1. The second kappa shape index (κ2) is 15.6. The highest BCUT2D eigenvalue weighted by molar-refractivity contribution is 6.06. The van der Waals surface area contributed by atoms with Crippen LogP contribution in [-0.4, -0.2) is 89.4 Å². The molecular weight excluding hydrogens is 723 g/mol. The Balaban J connectivity index is 1.19. The molecule has 57 heavy (non-hydrogen) atoms. The maximum absolute atomic E-state index is 14.8. The van der Waals surface area contributed by atoms with Gasteiger partial charge in [-0.1, -0.05) is 81.4 Å². The van der Waals surface area contributed by atoms with Gasteiger partial charge in [-0.15, -0.1) is 6.58 Å². The third-order valence-electron chi connectivity index (χ3n) is 11.9. The molecule has 2 fully saturated rings. The molecule has 12 nitrogen and oxygen atoms in total. The molecule has 3 unspecified atom stereocenters. The number of hydrogen-bond donors (Lipinski definition) is 4. The third-order valence-corrected chi connectivity index (χ3v) is 11.9. The molecule has 0 spiro atoms. The van der Waals surface area contributed by atoms with E-state index in [1.165, 1.54) is 11.0 Å². The number of nitrogens with two attached hydrogens (primary N) is 1. The van der Waals surface area contributed by atoms with Gasteiger partial charge in [0, 0.05) is 48.5 Å². The van der Waals surface area contributed by atoms with E-state index in [0.717, 1.165) is 22.1 Å². The summed E-state index contributed by atoms with van der Waals surface area (Å²) in [7, 11) is 1.60. The Labute approximate surface area is 333 Å². The minimum absolute atomic E-state index is 0.0234. The highest BCUT2D eigenvalue weighted by Gasteiger charge is 2.75. The van der Waals surface area contributed by atoms with Gasteiger partial charge < -0.3 is 40.6 Å². The normalized spacial score (nSPS) is 25.7. The molecule has 7 atom stereocenters. The molecule has 300 valence electrons. The lowest BCUT2D eigenvalue weighted by molar-refractivity contribution is -0.148. The topological polar surface area (TPSA) is 165 Å². The van der Waals surface area contributed by atoms with Gasteiger partial charge in [0.05, 0.1) is 55.1 Å². The number of fused-ring (bicyclic) bond motifs is 2. The van der Waals surface area contributed by atoms with Crippen LogP contribution in [0.4, 0.5) is 4.79 Å². The molecule has 1 saturated carbocycles. The van der Waals surface area contributed by atoms with Gasteiger partial charge in [-0.2, -0.15) is 0 Å². The van der Waals surface area contributed by atoms with Crippen molar-refractivity contribution in [2.24, 2.45) is 16.6 Å². The predicted octanol–water partition coefficient (Wildman–Crippen LogP) is 5.51. The van der Waals surface area contributed by atoms with Crippen molar-refractivity contribution < 1.29 is 33.7 Å². The molecule has 1 aromatic heterocycles. The molecule has 4 aromatic rings. The van der Waals surface area contributed by atoms with Crippen molar-refractivity contribution in [3.8, 4) is 22.8 Å². The quantitative estimate of drug-likeness (QED) is 0.101. The summed E-state index contributed by atoms with van der Waals surface area (Å²) in [5, 5.41) is 18.4. The van der Waals surface area contributed by atoms with Crippen LogP contribution in [0.1, 0.15) is 57.7 Å². The van der Waals surface area contributed by atoms with Crippen molar-refractivity contribution in [1.29, 1.82) is 0 Å². The standard InChI is InChI=1S/C45H53N5O7/c1-7-44(26-45(44,46)41(53)56-8-2)40(52)35-22-30(57-37-23-33(27-14-10-9-11-15-27)48-34-21-29(55-6)18-19-32(34)37)25-50(35)42(54)49-38(43(3,4)5)24-47-39-31-17-13-12-16-28(31)20-36(39)51/h7,9-19,21,23,30,35-36,38-39,47,51H,1,8,20,22,24-26,46H2,2-6H3,(H,49,54)/t30-,35+,36-,38?,39+,44?,45?/m1/s1. The van der Waals surface area contributed by atoms with Crippen molar-refractivity contribution in [1.82, 2.24) is 20.5 Å². The number of ether oxygens (including phenoxy) is 3. The number of benzene rings is 3. The van der Waals surface area contributed by atoms with Crippen LogP contribution in [0.2, 0.25) is 0 Å². The SMILES string of the molecule is C=CC1(C(=O)[C@@H]2C[C@@H](Oc3cc(-c4ccccc4)nc4cc(OC)ccc34)CN2C(=O)NC(CN[C@H]2c3ccccc3C[C@H]2O)C(C)(C)C)CC1(N)C(=O)OCC. The molecule has 3 aliphatic rings. The number of pyridine rings is 1. The van der Waals surface area contributed by atoms with Crippen LogP contribution in [0.5, 0.6) is 11.5 Å². The summed E-state index contributed by atoms with van der Waals surface area (Å²) in [6.45, 7) is 12.2. The summed E-state index contributed by atoms with van der Waals surface area (Å²) in [5.41, 5.74) is 7.53. The lowest BCUT2D eigenvalue weighted by atomic mass is 9.86. The number of nitrogens with one attached hydrogen (secondary N) is 2. The molecule has 7 rings (SSSR count). The number of aliphatic hydroxyl groups excluding tert-OH is 1. The average molecular weight is 776 g/mol. The van der Waals surface area contributed by atoms with Crippen molar-refractivity contribution in [2.75, 3.05) is 26.8 Å². The molecule has 2 aliphatic carbocycles. The minimum Gasteiger partial charge on any atom is -0.497 e. The van der Waals surface area contributed by atoms with Gasteiger partial charge in [0.1, 0.15) is 23.1 Å². The lowest BCUT2D eigenvalue weighted by Gasteiger charge is -2.36. The van der Waals surface area contributed by atoms with E-state index in [1.54, 1.807) is 14.0 Å². The Hall–Kier alpha value is -5.30. The number of aliphatic hydroxyl groups is 1. The number of Topliss-reactive ketones (excluding diaryl/α,β-unsaturated/α-hetero) is 1. The van der Waals surface area contributed by atoms with Crippen LogP contribution >= 0.6 is 0 Å². The van der Waals surface area contributed by atoms with Crippen LogP contribution in [0.25, 0.3) is 22.2 Å². The summed E-state index contributed by atoms with van der Waals surface area (Å²) in [4.78, 5) is 48.9. The first-order valence-electron chi connectivity index (χ1n) is 19.6. The fourth-order valence-electron chi connectivity index (χ4n) is 8.43. The monoisotopic (exact) mass is 775 g/mol. The fraction of sp³-hybridized carbons (Fsp3) is 0.422. The van der Waals surface area contributed by atoms with Crippen molar-refractivity contribution in [3.63, 3.8) is 0 Å². The number of esters is 1. The molecule has 5 N–H and O–H groups in total. The molecule has 2 heterocycles. The molecule has 12 heteroatoms. The van der Waals surface area contributed by atoms with E-state index in [0.29, 0.717) is 35.7 Å². The Bertz CT molecular complexity index is 2170. The smallest absolute Gasteiger partial charge is 0.327 e. The first-order chi connectivity index (χ1) is 27.2. The number of rotatable bonds is 13. The first-order valence-corrected chi connectivity index (χ1v) is 19.6. The van der Waals surface area contributed by atoms with Crippen LogP contribution in [0, 0.1) is 10.8 Å². The number of hydrogen-bond acceptors (Lipinski definition) is 10. The molecule has 0 bridgehead atoms. The van der Waals surface area contributed by atoms with Crippen LogP contribution < -0.4 is 25.8 Å². The largest absolute Gasteiger partial charge is 0.497 e. The first kappa shape index (κ1) is 39.9. The van der Waals surface area contributed by atoms with E-state index >= 15 is 0 Å². The summed E-state index contributed by atoms with van der Waals surface area (Å²) >= 11 is 0. The van der Waals surface area contributed by atoms with Gasteiger partial charge >= 0.3 is 12.0 Å². The Kier molecular flexibility index (Phi) is 10.9. The third kappa shape index (κ3) is 7.49. The zero-order valence-electron chi connectivity index (χ0n) is 33.3. The molecule has 0 radical (unpaired) electrons. The number of carbonyl (C=O) groups is 3. The highest BCUT2D eigenvalue weighted by atomic mass is 16.5. The van der Waals surface area contributed by atoms with E-state index in [1.807, 2.05) is 99.6 Å². The Morgan fingerprint density at radius 2 is 1.82 bits per heavy atom. The maximum Gasteiger partial charge on any atom is 0.327 e. The summed E-state index contributed by atoms with van der Waals surface area (Å²) in [6, 6.07) is 23.0. The van der Waals surface area contributed by atoms with Crippen molar-refractivity contribution >= 4 is 28.7 Å². The number of carbonyl (C=O) groups excluding carboxylic acids is 3. The Morgan fingerprint density at radius 3 is 2.53 bits per heavy atom. The zero-order valence-corrected chi connectivity index (χ0v) is 33.3. The van der Waals surface area contributed by atoms with Gasteiger partial charge in [0.25, 0.3) is 0 Å². The maximum atomic E-state index is 14.8. The van der Waals surface area contributed by atoms with Gasteiger partial charge in [0.2, 0.25) is 0 Å². The summed E-state index contributed by atoms with van der Waals surface area (Å²) in [6.07, 6.45) is 0.924. The molecule has 1 saturated heterocycles. The van der Waals surface area contributed by atoms with E-state index in [9.17, 15) is 19.5 Å². The van der Waals surface area contributed by atoms with Gasteiger partial charge in [-0.25, -0.2) is 9.78 Å². The molecular formula is C45H53N5O7. The number of nitrogens with zero attached hydrogens (tertiary/aromatic N) is 2. The van der Waals surface area contributed by atoms with Gasteiger partial charge in [-0.05, 0) is 42.0 Å². The van der Waals surface area contributed by atoms with E-state index in [-0.39, 0.29) is 37.8 Å². The highest BCUT2D eigenvalue weighted by Crippen LogP contribution is 2.58. The van der Waals surface area contributed by atoms with Crippen LogP contribution in [-0.2, 0) is 20.7 Å². The van der Waals surface area contributed by atoms with Gasteiger partial charge in [-0.3, -0.25) is 9.59 Å². The fourth-order valence-corrected chi connectivity index (χ4v) is 8.43. The van der Waals surface area contributed by atoms with Gasteiger partial charge in [0.15, 0.2) is 5.78 Å². The van der Waals surface area contributed by atoms with Crippen LogP contribution in [0.3, 0.4) is 0 Å². The number of aromatic nitrogens is 1. The van der Waals surface area contributed by atoms with E-state index in [4.69, 9.17) is 24.9 Å². The number of amides is 2. The zero-order chi connectivity index (χ0) is 40.7. The number of ketones is 1.